The molecule has 1 fully saturated rings. The SMILES string of the molecule is CC1CCCC(N(C)Cc2ccccc2C(N)=NO)C1. The van der Waals surface area contributed by atoms with Crippen LogP contribution >= 0.6 is 0 Å². The molecule has 2 rings (SSSR count). The van der Waals surface area contributed by atoms with E-state index in [1.165, 1.54) is 25.7 Å². The van der Waals surface area contributed by atoms with E-state index >= 15 is 0 Å². The minimum atomic E-state index is 0.186. The van der Waals surface area contributed by atoms with E-state index in [9.17, 15) is 0 Å². The number of benzene rings is 1. The molecule has 3 N–H and O–H groups in total. The van der Waals surface area contributed by atoms with Gasteiger partial charge in [-0.2, -0.15) is 0 Å². The predicted octanol–water partition coefficient (Wildman–Crippen LogP) is 2.79. The smallest absolute Gasteiger partial charge is 0.170 e. The zero-order chi connectivity index (χ0) is 14.5. The molecule has 1 aliphatic carbocycles. The van der Waals surface area contributed by atoms with E-state index < -0.39 is 0 Å². The molecule has 4 heteroatoms. The lowest BCUT2D eigenvalue weighted by molar-refractivity contribution is 0.157. The fraction of sp³-hybridized carbons (Fsp3) is 0.562. The fourth-order valence-corrected chi connectivity index (χ4v) is 3.16. The van der Waals surface area contributed by atoms with Crippen molar-refractivity contribution in [3.05, 3.63) is 35.4 Å². The highest BCUT2D eigenvalue weighted by molar-refractivity contribution is 5.98. The number of hydrogen-bond acceptors (Lipinski definition) is 3. The van der Waals surface area contributed by atoms with Gasteiger partial charge in [0, 0.05) is 18.2 Å². The van der Waals surface area contributed by atoms with E-state index in [-0.39, 0.29) is 5.84 Å². The van der Waals surface area contributed by atoms with Crippen LogP contribution in [-0.4, -0.2) is 29.0 Å². The van der Waals surface area contributed by atoms with Gasteiger partial charge in [-0.25, -0.2) is 0 Å². The summed E-state index contributed by atoms with van der Waals surface area (Å²) in [4.78, 5) is 2.40. The molecule has 0 saturated heterocycles. The van der Waals surface area contributed by atoms with E-state index in [4.69, 9.17) is 10.9 Å². The number of nitrogens with two attached hydrogens (primary N) is 1. The summed E-state index contributed by atoms with van der Waals surface area (Å²) in [5.74, 6) is 1.00. The van der Waals surface area contributed by atoms with Gasteiger partial charge >= 0.3 is 0 Å². The summed E-state index contributed by atoms with van der Waals surface area (Å²) in [5, 5.41) is 12.0. The van der Waals surface area contributed by atoms with E-state index in [0.717, 1.165) is 23.6 Å². The molecular weight excluding hydrogens is 250 g/mol. The van der Waals surface area contributed by atoms with E-state index in [0.29, 0.717) is 6.04 Å². The molecule has 1 aliphatic rings. The van der Waals surface area contributed by atoms with Gasteiger partial charge in [0.05, 0.1) is 0 Å². The molecule has 0 aromatic heterocycles. The van der Waals surface area contributed by atoms with Crippen LogP contribution in [0.15, 0.2) is 29.4 Å². The van der Waals surface area contributed by atoms with Crippen LogP contribution in [0.25, 0.3) is 0 Å². The number of amidine groups is 1. The fourth-order valence-electron chi connectivity index (χ4n) is 3.16. The molecule has 2 atom stereocenters. The van der Waals surface area contributed by atoms with Crippen LogP contribution in [0.3, 0.4) is 0 Å². The molecule has 0 spiro atoms. The average molecular weight is 275 g/mol. The molecule has 1 aromatic rings. The maximum absolute atomic E-state index is 8.88. The second-order valence-electron chi connectivity index (χ2n) is 5.98. The first-order chi connectivity index (χ1) is 9.61. The first-order valence-electron chi connectivity index (χ1n) is 7.38. The van der Waals surface area contributed by atoms with Gasteiger partial charge in [-0.05, 0) is 31.4 Å². The molecule has 0 aliphatic heterocycles. The Labute approximate surface area is 121 Å². The Kier molecular flexibility index (Phi) is 5.01. The summed E-state index contributed by atoms with van der Waals surface area (Å²) in [6.45, 7) is 3.17. The Morgan fingerprint density at radius 3 is 2.85 bits per heavy atom. The van der Waals surface area contributed by atoms with Crippen LogP contribution < -0.4 is 5.73 Å². The van der Waals surface area contributed by atoms with Crippen molar-refractivity contribution in [2.75, 3.05) is 7.05 Å². The van der Waals surface area contributed by atoms with Crippen molar-refractivity contribution >= 4 is 5.84 Å². The highest BCUT2D eigenvalue weighted by atomic mass is 16.4. The van der Waals surface area contributed by atoms with Gasteiger partial charge in [-0.3, -0.25) is 4.90 Å². The second-order valence-corrected chi connectivity index (χ2v) is 5.98. The van der Waals surface area contributed by atoms with E-state index in [1.807, 2.05) is 18.2 Å². The number of rotatable bonds is 4. The minimum absolute atomic E-state index is 0.186. The first-order valence-corrected chi connectivity index (χ1v) is 7.38. The molecular formula is C16H25N3O. The summed E-state index contributed by atoms with van der Waals surface area (Å²) in [7, 11) is 2.17. The van der Waals surface area contributed by atoms with Crippen molar-refractivity contribution in [2.24, 2.45) is 16.8 Å². The zero-order valence-electron chi connectivity index (χ0n) is 12.4. The Morgan fingerprint density at radius 2 is 2.15 bits per heavy atom. The van der Waals surface area contributed by atoms with Crippen molar-refractivity contribution in [3.8, 4) is 0 Å². The summed E-state index contributed by atoms with van der Waals surface area (Å²) in [6, 6.07) is 8.51. The monoisotopic (exact) mass is 275 g/mol. The van der Waals surface area contributed by atoms with Gasteiger partial charge in [0.1, 0.15) is 0 Å². The van der Waals surface area contributed by atoms with E-state index in [1.54, 1.807) is 0 Å². The molecule has 110 valence electrons. The lowest BCUT2D eigenvalue weighted by Crippen LogP contribution is -2.35. The third kappa shape index (κ3) is 3.51. The van der Waals surface area contributed by atoms with Crippen LogP contribution in [-0.2, 0) is 6.54 Å². The average Bonchev–Trinajstić information content (AvgIpc) is 2.47. The Hall–Kier alpha value is -1.55. The Balaban J connectivity index is 2.09. The van der Waals surface area contributed by atoms with Crippen molar-refractivity contribution in [1.29, 1.82) is 0 Å². The van der Waals surface area contributed by atoms with Crippen LogP contribution in [0.5, 0.6) is 0 Å². The lowest BCUT2D eigenvalue weighted by atomic mass is 9.86. The molecule has 0 heterocycles. The number of hydrogen-bond donors (Lipinski definition) is 2. The summed E-state index contributed by atoms with van der Waals surface area (Å²) in [6.07, 6.45) is 5.21. The number of nitrogens with zero attached hydrogens (tertiary/aromatic N) is 2. The summed E-state index contributed by atoms with van der Waals surface area (Å²) >= 11 is 0. The van der Waals surface area contributed by atoms with Crippen LogP contribution in [0.1, 0.15) is 43.7 Å². The highest BCUT2D eigenvalue weighted by Crippen LogP contribution is 2.27. The van der Waals surface area contributed by atoms with Crippen LogP contribution in [0.2, 0.25) is 0 Å². The van der Waals surface area contributed by atoms with Crippen LogP contribution in [0, 0.1) is 5.92 Å². The van der Waals surface area contributed by atoms with Gasteiger partial charge in [-0.15, -0.1) is 0 Å². The third-order valence-electron chi connectivity index (χ3n) is 4.35. The van der Waals surface area contributed by atoms with Crippen molar-refractivity contribution in [3.63, 3.8) is 0 Å². The van der Waals surface area contributed by atoms with Gasteiger partial charge < -0.3 is 10.9 Å². The predicted molar refractivity (Wildman–Crippen MR) is 81.8 cm³/mol. The van der Waals surface area contributed by atoms with Gasteiger partial charge in [0.15, 0.2) is 5.84 Å². The maximum atomic E-state index is 8.88. The number of oxime groups is 1. The van der Waals surface area contributed by atoms with E-state index in [2.05, 4.69) is 30.1 Å². The molecule has 0 radical (unpaired) electrons. The minimum Gasteiger partial charge on any atom is -0.409 e. The third-order valence-corrected chi connectivity index (χ3v) is 4.35. The molecule has 0 amide bonds. The lowest BCUT2D eigenvalue weighted by Gasteiger charge is -2.34. The molecule has 2 unspecified atom stereocenters. The Bertz CT molecular complexity index is 473. The van der Waals surface area contributed by atoms with Crippen molar-refractivity contribution in [1.82, 2.24) is 4.90 Å². The molecule has 20 heavy (non-hydrogen) atoms. The quantitative estimate of drug-likeness (QED) is 0.384. The Morgan fingerprint density at radius 1 is 1.40 bits per heavy atom. The van der Waals surface area contributed by atoms with Gasteiger partial charge in [-0.1, -0.05) is 49.2 Å². The standard InChI is InChI=1S/C16H25N3O/c1-12-6-5-8-14(10-12)19(2)11-13-7-3-4-9-15(13)16(17)18-20/h3-4,7,9,12,14,20H,5-6,8,10-11H2,1-2H3,(H2,17,18). The van der Waals surface area contributed by atoms with Gasteiger partial charge in [0.2, 0.25) is 0 Å². The maximum Gasteiger partial charge on any atom is 0.170 e. The largest absolute Gasteiger partial charge is 0.409 e. The molecule has 1 saturated carbocycles. The normalized spacial score (nSPS) is 24.1. The van der Waals surface area contributed by atoms with Gasteiger partial charge in [0.25, 0.3) is 0 Å². The summed E-state index contributed by atoms with van der Waals surface area (Å²) in [5.41, 5.74) is 7.69. The van der Waals surface area contributed by atoms with Crippen molar-refractivity contribution in [2.45, 2.75) is 45.2 Å². The topological polar surface area (TPSA) is 61.8 Å². The zero-order valence-corrected chi connectivity index (χ0v) is 12.4. The highest BCUT2D eigenvalue weighted by Gasteiger charge is 2.23. The molecule has 4 nitrogen and oxygen atoms in total. The second kappa shape index (κ2) is 6.75. The van der Waals surface area contributed by atoms with Crippen molar-refractivity contribution < 1.29 is 5.21 Å². The summed E-state index contributed by atoms with van der Waals surface area (Å²) < 4.78 is 0. The first kappa shape index (κ1) is 14.9. The molecule has 0 bridgehead atoms. The van der Waals surface area contributed by atoms with Crippen LogP contribution in [0.4, 0.5) is 0 Å². The molecule has 1 aromatic carbocycles.